The highest BCUT2D eigenvalue weighted by atomic mass is 31.2. The topological polar surface area (TPSA) is 289 Å². The van der Waals surface area contributed by atoms with Crippen LogP contribution in [-0.4, -0.2) is 151 Å². The first-order valence-corrected chi connectivity index (χ1v) is 27.4. The molecule has 18 nitrogen and oxygen atoms in total. The summed E-state index contributed by atoms with van der Waals surface area (Å²) in [6, 6.07) is 0. The fourth-order valence-corrected chi connectivity index (χ4v) is 9.50. The highest BCUT2D eigenvalue weighted by Crippen LogP contribution is 2.48. The minimum atomic E-state index is -5.37. The third-order valence-corrected chi connectivity index (χ3v) is 13.8. The van der Waals surface area contributed by atoms with E-state index in [2.05, 4.69) is 13.8 Å². The van der Waals surface area contributed by atoms with Gasteiger partial charge in [0.1, 0.15) is 67.6 Å². The van der Waals surface area contributed by atoms with Crippen LogP contribution in [-0.2, 0) is 42.1 Å². The molecule has 1 aliphatic heterocycles. The van der Waals surface area contributed by atoms with Crippen molar-refractivity contribution in [2.75, 3.05) is 19.8 Å². The zero-order chi connectivity index (χ0) is 49.5. The van der Waals surface area contributed by atoms with Crippen molar-refractivity contribution in [3.05, 3.63) is 0 Å². The lowest BCUT2D eigenvalue weighted by Crippen LogP contribution is -2.67. The summed E-state index contributed by atoms with van der Waals surface area (Å²) in [7, 11) is -5.37. The smallest absolute Gasteiger partial charge is 0.462 e. The fraction of sp³-hybridized carbons (Fsp3) is 0.958. The van der Waals surface area contributed by atoms with Crippen LogP contribution >= 0.6 is 7.82 Å². The lowest BCUT2D eigenvalue weighted by molar-refractivity contribution is -0.338. The summed E-state index contributed by atoms with van der Waals surface area (Å²) in [4.78, 5) is 36.5. The van der Waals surface area contributed by atoms with Gasteiger partial charge in [-0.3, -0.25) is 18.6 Å². The summed E-state index contributed by atoms with van der Waals surface area (Å²) in [6.45, 7) is 2.24. The van der Waals surface area contributed by atoms with Gasteiger partial charge in [0.25, 0.3) is 0 Å². The van der Waals surface area contributed by atoms with Crippen LogP contribution in [0.3, 0.4) is 0 Å². The van der Waals surface area contributed by atoms with Gasteiger partial charge < -0.3 is 64.7 Å². The minimum absolute atomic E-state index is 0.0399. The normalized spacial score (nSPS) is 28.0. The SMILES string of the molecule is CCCCCCCCCCCCCCCCCCC(=O)OC(COC(=O)CCCCCCCCCCCCC)COP(=O)(O)OC1C(O)C(O)C(O)C(O)C1OC1OC(CO)C(O)C(O)C1O. The molecule has 2 rings (SSSR count). The van der Waals surface area contributed by atoms with Gasteiger partial charge in [-0.15, -0.1) is 0 Å². The van der Waals surface area contributed by atoms with Crippen LogP contribution in [0.2, 0.25) is 0 Å². The van der Waals surface area contributed by atoms with E-state index in [4.69, 9.17) is 28.0 Å². The Morgan fingerprint density at radius 3 is 1.33 bits per heavy atom. The Morgan fingerprint density at radius 1 is 0.507 bits per heavy atom. The average Bonchev–Trinajstić information content (AvgIpc) is 3.31. The predicted molar refractivity (Wildman–Crippen MR) is 249 cm³/mol. The second kappa shape index (κ2) is 36.6. The van der Waals surface area contributed by atoms with Crippen LogP contribution < -0.4 is 0 Å². The molecule has 1 heterocycles. The Bertz CT molecular complexity index is 1310. The zero-order valence-corrected chi connectivity index (χ0v) is 41.6. The highest BCUT2D eigenvalue weighted by Gasteiger charge is 2.55. The summed E-state index contributed by atoms with van der Waals surface area (Å²) in [5, 5.41) is 82.9. The van der Waals surface area contributed by atoms with Crippen molar-refractivity contribution in [3.8, 4) is 0 Å². The van der Waals surface area contributed by atoms with E-state index < -0.39 is 113 Å². The quantitative estimate of drug-likeness (QED) is 0.0195. The Morgan fingerprint density at radius 2 is 0.896 bits per heavy atom. The van der Waals surface area contributed by atoms with E-state index in [1.807, 2.05) is 0 Å². The van der Waals surface area contributed by atoms with Gasteiger partial charge in [-0.2, -0.15) is 0 Å². The maximum Gasteiger partial charge on any atom is 0.472 e. The lowest BCUT2D eigenvalue weighted by Gasteiger charge is -2.47. The van der Waals surface area contributed by atoms with Gasteiger partial charge in [-0.05, 0) is 12.8 Å². The molecule has 0 amide bonds. The Labute approximate surface area is 400 Å². The van der Waals surface area contributed by atoms with Gasteiger partial charge in [-0.1, -0.05) is 174 Å². The number of esters is 2. The standard InChI is InChI=1S/C48H91O18P/c1-3-5-7-9-11-13-15-16-17-18-19-21-23-25-27-29-31-38(51)63-35(33-61-37(50)30-28-26-24-22-20-14-12-10-8-6-4-2)34-62-67(59,60)66-47-44(57)42(55)41(54)43(56)46(47)65-48-45(58)40(53)39(52)36(32-49)64-48/h35-36,39-49,52-58H,3-34H2,1-2H3,(H,59,60). The van der Waals surface area contributed by atoms with Crippen molar-refractivity contribution in [2.24, 2.45) is 0 Å². The van der Waals surface area contributed by atoms with Crippen LogP contribution in [0.1, 0.15) is 200 Å². The molecular formula is C48H91O18P. The molecule has 2 fully saturated rings. The summed E-state index contributed by atoms with van der Waals surface area (Å²) >= 11 is 0. The predicted octanol–water partition coefficient (Wildman–Crippen LogP) is 5.94. The van der Waals surface area contributed by atoms with Crippen LogP contribution in [0.15, 0.2) is 0 Å². The Kier molecular flexibility index (Phi) is 33.7. The molecule has 0 aromatic carbocycles. The number of aliphatic hydroxyl groups excluding tert-OH is 8. The van der Waals surface area contributed by atoms with Crippen molar-refractivity contribution in [2.45, 2.75) is 273 Å². The van der Waals surface area contributed by atoms with E-state index in [0.717, 1.165) is 51.4 Å². The number of hydrogen-bond donors (Lipinski definition) is 9. The summed E-state index contributed by atoms with van der Waals surface area (Å²) in [5.41, 5.74) is 0. The molecule has 1 saturated heterocycles. The zero-order valence-electron chi connectivity index (χ0n) is 40.7. The number of ether oxygens (including phenoxy) is 4. The average molecular weight is 987 g/mol. The first-order chi connectivity index (χ1) is 32.2. The van der Waals surface area contributed by atoms with Crippen molar-refractivity contribution < 1.29 is 87.9 Å². The van der Waals surface area contributed by atoms with Gasteiger partial charge >= 0.3 is 19.8 Å². The van der Waals surface area contributed by atoms with Crippen LogP contribution in [0.25, 0.3) is 0 Å². The van der Waals surface area contributed by atoms with E-state index in [1.54, 1.807) is 0 Å². The summed E-state index contributed by atoms with van der Waals surface area (Å²) in [5.74, 6) is -1.21. The van der Waals surface area contributed by atoms with Crippen LogP contribution in [0.4, 0.5) is 0 Å². The van der Waals surface area contributed by atoms with Gasteiger partial charge in [0.2, 0.25) is 0 Å². The molecule has 0 bridgehead atoms. The molecule has 1 aliphatic carbocycles. The van der Waals surface area contributed by atoms with Crippen LogP contribution in [0, 0.1) is 0 Å². The second-order valence-electron chi connectivity index (χ2n) is 18.7. The fourth-order valence-electron chi connectivity index (χ4n) is 8.53. The maximum absolute atomic E-state index is 13.4. The van der Waals surface area contributed by atoms with E-state index in [-0.39, 0.29) is 12.8 Å². The Hall–Kier alpha value is -1.35. The van der Waals surface area contributed by atoms with Gasteiger partial charge in [-0.25, -0.2) is 4.57 Å². The second-order valence-corrected chi connectivity index (χ2v) is 20.1. The molecule has 13 unspecified atom stereocenters. The molecule has 0 spiro atoms. The van der Waals surface area contributed by atoms with Crippen molar-refractivity contribution >= 4 is 19.8 Å². The third-order valence-electron chi connectivity index (χ3n) is 12.8. The molecule has 13 atom stereocenters. The molecule has 0 aromatic heterocycles. The largest absolute Gasteiger partial charge is 0.472 e. The molecule has 0 aromatic rings. The molecule has 0 radical (unpaired) electrons. The van der Waals surface area contributed by atoms with Crippen molar-refractivity contribution in [3.63, 3.8) is 0 Å². The van der Waals surface area contributed by atoms with Gasteiger partial charge in [0, 0.05) is 12.8 Å². The molecule has 67 heavy (non-hydrogen) atoms. The summed E-state index contributed by atoms with van der Waals surface area (Å²) < 4.78 is 45.5. The first kappa shape index (κ1) is 61.8. The third kappa shape index (κ3) is 25.6. The number of rotatable bonds is 40. The number of phosphoric ester groups is 1. The maximum atomic E-state index is 13.4. The van der Waals surface area contributed by atoms with Gasteiger partial charge in [0.05, 0.1) is 13.2 Å². The van der Waals surface area contributed by atoms with E-state index in [1.165, 1.54) is 109 Å². The number of hydrogen-bond acceptors (Lipinski definition) is 17. The molecule has 19 heteroatoms. The number of unbranched alkanes of at least 4 members (excludes halogenated alkanes) is 25. The van der Waals surface area contributed by atoms with Crippen LogP contribution in [0.5, 0.6) is 0 Å². The van der Waals surface area contributed by atoms with Crippen molar-refractivity contribution in [1.82, 2.24) is 0 Å². The molecular weight excluding hydrogens is 895 g/mol. The van der Waals surface area contributed by atoms with E-state index in [0.29, 0.717) is 12.8 Å². The molecule has 1 saturated carbocycles. The Balaban J connectivity index is 1.93. The highest BCUT2D eigenvalue weighted by molar-refractivity contribution is 7.47. The first-order valence-electron chi connectivity index (χ1n) is 25.9. The number of aliphatic hydroxyl groups is 8. The number of carbonyl (C=O) groups is 2. The monoisotopic (exact) mass is 987 g/mol. The minimum Gasteiger partial charge on any atom is -0.462 e. The molecule has 2 aliphatic rings. The van der Waals surface area contributed by atoms with Gasteiger partial charge in [0.15, 0.2) is 12.4 Å². The molecule has 9 N–H and O–H groups in total. The number of phosphoric acid groups is 1. The van der Waals surface area contributed by atoms with E-state index >= 15 is 0 Å². The lowest BCUT2D eigenvalue weighted by atomic mass is 9.84. The molecule has 396 valence electrons. The number of carbonyl (C=O) groups excluding carboxylic acids is 2. The summed E-state index contributed by atoms with van der Waals surface area (Å²) in [6.07, 6.45) is 7.60. The van der Waals surface area contributed by atoms with Crippen molar-refractivity contribution in [1.29, 1.82) is 0 Å². The van der Waals surface area contributed by atoms with E-state index in [9.17, 15) is 59.9 Å².